The highest BCUT2D eigenvalue weighted by molar-refractivity contribution is 9.10. The number of rotatable bonds is 5. The molecule has 0 unspecified atom stereocenters. The van der Waals surface area contributed by atoms with E-state index < -0.39 is 0 Å². The van der Waals surface area contributed by atoms with Gasteiger partial charge in [0.1, 0.15) is 0 Å². The zero-order valence-electron chi connectivity index (χ0n) is 9.40. The van der Waals surface area contributed by atoms with Crippen molar-refractivity contribution in [2.45, 2.75) is 31.8 Å². The summed E-state index contributed by atoms with van der Waals surface area (Å²) in [7, 11) is 0. The zero-order valence-corrected chi connectivity index (χ0v) is 11.0. The van der Waals surface area contributed by atoms with Crippen molar-refractivity contribution in [3.8, 4) is 0 Å². The maximum absolute atomic E-state index is 9.08. The molecule has 1 aromatic rings. The van der Waals surface area contributed by atoms with Crippen LogP contribution in [0.1, 0.15) is 24.8 Å². The van der Waals surface area contributed by atoms with E-state index in [0.29, 0.717) is 6.04 Å². The van der Waals surface area contributed by atoms with Gasteiger partial charge in [-0.25, -0.2) is 0 Å². The minimum Gasteiger partial charge on any atom is -0.395 e. The van der Waals surface area contributed by atoms with Gasteiger partial charge < -0.3 is 5.11 Å². The average molecular weight is 284 g/mol. The summed E-state index contributed by atoms with van der Waals surface area (Å²) in [6.45, 7) is 2.01. The highest BCUT2D eigenvalue weighted by Gasteiger charge is 2.24. The molecule has 1 aromatic carbocycles. The Morgan fingerprint density at radius 2 is 1.94 bits per heavy atom. The molecule has 0 spiro atoms. The summed E-state index contributed by atoms with van der Waals surface area (Å²) in [4.78, 5) is 2.40. The molecule has 1 saturated carbocycles. The molecular weight excluding hydrogens is 266 g/mol. The fraction of sp³-hybridized carbons (Fsp3) is 0.538. The Hall–Kier alpha value is -0.380. The molecule has 1 aliphatic carbocycles. The summed E-state index contributed by atoms with van der Waals surface area (Å²) in [5.74, 6) is 0. The monoisotopic (exact) mass is 283 g/mol. The van der Waals surface area contributed by atoms with E-state index in [2.05, 4.69) is 45.1 Å². The fourth-order valence-corrected chi connectivity index (χ4v) is 2.36. The molecule has 0 amide bonds. The molecule has 3 heteroatoms. The van der Waals surface area contributed by atoms with Crippen LogP contribution in [0.3, 0.4) is 0 Å². The molecule has 2 nitrogen and oxygen atoms in total. The van der Waals surface area contributed by atoms with Crippen LogP contribution in [-0.4, -0.2) is 29.2 Å². The van der Waals surface area contributed by atoms with Crippen molar-refractivity contribution in [2.24, 2.45) is 0 Å². The molecule has 2 rings (SSSR count). The SMILES string of the molecule is OCCN(Cc1ccc(Br)cc1)C1CCC1. The Kier molecular flexibility index (Phi) is 4.38. The van der Waals surface area contributed by atoms with Crippen LogP contribution >= 0.6 is 15.9 Å². The predicted molar refractivity (Wildman–Crippen MR) is 69.3 cm³/mol. The van der Waals surface area contributed by atoms with E-state index in [0.717, 1.165) is 17.6 Å². The Bertz CT molecular complexity index is 321. The topological polar surface area (TPSA) is 23.5 Å². The van der Waals surface area contributed by atoms with E-state index >= 15 is 0 Å². The van der Waals surface area contributed by atoms with Gasteiger partial charge in [-0.2, -0.15) is 0 Å². The molecule has 0 atom stereocenters. The van der Waals surface area contributed by atoms with Crippen LogP contribution in [-0.2, 0) is 6.54 Å². The highest BCUT2D eigenvalue weighted by atomic mass is 79.9. The standard InChI is InChI=1S/C13H18BrNO/c14-12-6-4-11(5-7-12)10-15(8-9-16)13-2-1-3-13/h4-7,13,16H,1-3,8-10H2. The van der Waals surface area contributed by atoms with E-state index in [1.807, 2.05) is 0 Å². The lowest BCUT2D eigenvalue weighted by Crippen LogP contribution is -2.41. The van der Waals surface area contributed by atoms with Crippen LogP contribution < -0.4 is 0 Å². The van der Waals surface area contributed by atoms with Crippen LogP contribution in [0.4, 0.5) is 0 Å². The Labute approximate surface area is 105 Å². The number of aliphatic hydroxyl groups is 1. The second kappa shape index (κ2) is 5.80. The lowest BCUT2D eigenvalue weighted by molar-refractivity contribution is 0.0945. The molecule has 1 aliphatic rings. The minimum atomic E-state index is 0.257. The first kappa shape index (κ1) is 12.1. The van der Waals surface area contributed by atoms with Crippen LogP contribution in [0.2, 0.25) is 0 Å². The third kappa shape index (κ3) is 3.06. The molecule has 0 heterocycles. The summed E-state index contributed by atoms with van der Waals surface area (Å²) >= 11 is 3.44. The van der Waals surface area contributed by atoms with Gasteiger partial charge in [-0.1, -0.05) is 34.5 Å². The number of halogens is 1. The summed E-state index contributed by atoms with van der Waals surface area (Å²) in [6, 6.07) is 9.14. The Balaban J connectivity index is 1.96. The van der Waals surface area contributed by atoms with Gasteiger partial charge >= 0.3 is 0 Å². The van der Waals surface area contributed by atoms with Crippen molar-refractivity contribution in [3.05, 3.63) is 34.3 Å². The number of aliphatic hydroxyl groups excluding tert-OH is 1. The molecular formula is C13H18BrNO. The van der Waals surface area contributed by atoms with Crippen molar-refractivity contribution >= 4 is 15.9 Å². The zero-order chi connectivity index (χ0) is 11.4. The van der Waals surface area contributed by atoms with Crippen molar-refractivity contribution in [3.63, 3.8) is 0 Å². The number of nitrogens with zero attached hydrogens (tertiary/aromatic N) is 1. The van der Waals surface area contributed by atoms with Crippen LogP contribution in [0, 0.1) is 0 Å². The van der Waals surface area contributed by atoms with Crippen molar-refractivity contribution in [2.75, 3.05) is 13.2 Å². The lowest BCUT2D eigenvalue weighted by atomic mass is 9.91. The molecule has 16 heavy (non-hydrogen) atoms. The molecule has 0 bridgehead atoms. The number of benzene rings is 1. The quantitative estimate of drug-likeness (QED) is 0.898. The van der Waals surface area contributed by atoms with Crippen LogP contribution in [0.15, 0.2) is 28.7 Å². The Morgan fingerprint density at radius 1 is 1.25 bits per heavy atom. The summed E-state index contributed by atoms with van der Waals surface area (Å²) in [5, 5.41) is 9.08. The fourth-order valence-electron chi connectivity index (χ4n) is 2.10. The molecule has 1 N–H and O–H groups in total. The highest BCUT2D eigenvalue weighted by Crippen LogP contribution is 2.26. The molecule has 1 fully saturated rings. The van der Waals surface area contributed by atoms with E-state index in [4.69, 9.17) is 5.11 Å². The predicted octanol–water partition coefficient (Wildman–Crippen LogP) is 2.80. The van der Waals surface area contributed by atoms with Crippen LogP contribution in [0.5, 0.6) is 0 Å². The molecule has 0 aromatic heterocycles. The van der Waals surface area contributed by atoms with Gasteiger partial charge in [-0.05, 0) is 30.5 Å². The second-order valence-electron chi connectivity index (χ2n) is 4.41. The number of hydrogen-bond donors (Lipinski definition) is 1. The van der Waals surface area contributed by atoms with Gasteiger partial charge in [-0.15, -0.1) is 0 Å². The van der Waals surface area contributed by atoms with Crippen LogP contribution in [0.25, 0.3) is 0 Å². The molecule has 0 saturated heterocycles. The molecule has 0 aliphatic heterocycles. The van der Waals surface area contributed by atoms with Gasteiger partial charge in [-0.3, -0.25) is 4.90 Å². The first-order chi connectivity index (χ1) is 7.79. The average Bonchev–Trinajstić information content (AvgIpc) is 2.19. The first-order valence-electron chi connectivity index (χ1n) is 5.89. The largest absolute Gasteiger partial charge is 0.395 e. The van der Waals surface area contributed by atoms with E-state index in [1.54, 1.807) is 0 Å². The lowest BCUT2D eigenvalue weighted by Gasteiger charge is -2.37. The van der Waals surface area contributed by atoms with Gasteiger partial charge in [0.15, 0.2) is 0 Å². The Morgan fingerprint density at radius 3 is 2.44 bits per heavy atom. The van der Waals surface area contributed by atoms with E-state index in [9.17, 15) is 0 Å². The first-order valence-corrected chi connectivity index (χ1v) is 6.68. The van der Waals surface area contributed by atoms with Gasteiger partial charge in [0, 0.05) is 23.6 Å². The second-order valence-corrected chi connectivity index (χ2v) is 5.32. The smallest absolute Gasteiger partial charge is 0.0558 e. The van der Waals surface area contributed by atoms with Crippen molar-refractivity contribution < 1.29 is 5.11 Å². The normalized spacial score (nSPS) is 16.4. The summed E-state index contributed by atoms with van der Waals surface area (Å²) in [5.41, 5.74) is 1.32. The van der Waals surface area contributed by atoms with E-state index in [-0.39, 0.29) is 6.61 Å². The third-order valence-corrected chi connectivity index (χ3v) is 3.81. The maximum atomic E-state index is 9.08. The van der Waals surface area contributed by atoms with Gasteiger partial charge in [0.25, 0.3) is 0 Å². The summed E-state index contributed by atoms with van der Waals surface area (Å²) < 4.78 is 1.12. The number of hydrogen-bond acceptors (Lipinski definition) is 2. The van der Waals surface area contributed by atoms with Gasteiger partial charge in [0.05, 0.1) is 6.61 Å². The minimum absolute atomic E-state index is 0.257. The third-order valence-electron chi connectivity index (χ3n) is 3.28. The van der Waals surface area contributed by atoms with Gasteiger partial charge in [0.2, 0.25) is 0 Å². The maximum Gasteiger partial charge on any atom is 0.0558 e. The van der Waals surface area contributed by atoms with Crippen molar-refractivity contribution in [1.29, 1.82) is 0 Å². The molecule has 88 valence electrons. The van der Waals surface area contributed by atoms with E-state index in [1.165, 1.54) is 24.8 Å². The summed E-state index contributed by atoms with van der Waals surface area (Å²) in [6.07, 6.45) is 3.92. The van der Waals surface area contributed by atoms with Crippen molar-refractivity contribution in [1.82, 2.24) is 4.90 Å². The molecule has 0 radical (unpaired) electrons.